The molecule has 0 amide bonds. The molecule has 0 aliphatic carbocycles. The highest BCUT2D eigenvalue weighted by molar-refractivity contribution is 5.44. The summed E-state index contributed by atoms with van der Waals surface area (Å²) >= 11 is 0. The Kier molecular flexibility index (Phi) is 4.73. The van der Waals surface area contributed by atoms with E-state index in [1.807, 2.05) is 13.0 Å². The molecule has 20 heavy (non-hydrogen) atoms. The molecule has 1 fully saturated rings. The smallest absolute Gasteiger partial charge is 0.272 e. The van der Waals surface area contributed by atoms with Crippen LogP contribution in [-0.2, 0) is 6.54 Å². The first-order valence-electron chi connectivity index (χ1n) is 7.20. The zero-order valence-electron chi connectivity index (χ0n) is 12.2. The molecule has 2 N–H and O–H groups in total. The molecule has 0 aromatic heterocycles. The van der Waals surface area contributed by atoms with Crippen molar-refractivity contribution in [2.75, 3.05) is 13.1 Å². The van der Waals surface area contributed by atoms with Gasteiger partial charge < -0.3 is 5.73 Å². The van der Waals surface area contributed by atoms with Gasteiger partial charge in [-0.2, -0.15) is 0 Å². The molecule has 5 nitrogen and oxygen atoms in total. The van der Waals surface area contributed by atoms with Crippen molar-refractivity contribution in [3.63, 3.8) is 0 Å². The molecule has 0 saturated carbocycles. The summed E-state index contributed by atoms with van der Waals surface area (Å²) in [4.78, 5) is 13.1. The lowest BCUT2D eigenvalue weighted by Gasteiger charge is -2.38. The summed E-state index contributed by atoms with van der Waals surface area (Å²) in [7, 11) is 0. The molecule has 2 atom stereocenters. The monoisotopic (exact) mass is 277 g/mol. The Morgan fingerprint density at radius 3 is 2.90 bits per heavy atom. The Morgan fingerprint density at radius 2 is 2.25 bits per heavy atom. The van der Waals surface area contributed by atoms with E-state index in [0.717, 1.165) is 30.6 Å². The average molecular weight is 277 g/mol. The van der Waals surface area contributed by atoms with Gasteiger partial charge in [0.1, 0.15) is 0 Å². The minimum atomic E-state index is -0.308. The molecular weight excluding hydrogens is 254 g/mol. The Morgan fingerprint density at radius 1 is 1.50 bits per heavy atom. The molecule has 0 bridgehead atoms. The van der Waals surface area contributed by atoms with Crippen LogP contribution in [0.15, 0.2) is 18.2 Å². The average Bonchev–Trinajstić information content (AvgIpc) is 2.42. The first-order valence-corrected chi connectivity index (χ1v) is 7.20. The van der Waals surface area contributed by atoms with Gasteiger partial charge in [-0.1, -0.05) is 19.1 Å². The van der Waals surface area contributed by atoms with Gasteiger partial charge in [0.25, 0.3) is 5.69 Å². The number of piperidine rings is 1. The fourth-order valence-electron chi connectivity index (χ4n) is 3.01. The van der Waals surface area contributed by atoms with Gasteiger partial charge in [0.2, 0.25) is 0 Å². The lowest BCUT2D eigenvalue weighted by Crippen LogP contribution is -2.45. The zero-order chi connectivity index (χ0) is 14.7. The minimum absolute atomic E-state index is 0.206. The lowest BCUT2D eigenvalue weighted by molar-refractivity contribution is -0.385. The summed E-state index contributed by atoms with van der Waals surface area (Å²) in [5.74, 6) is 0.714. The first-order chi connectivity index (χ1) is 9.52. The lowest BCUT2D eigenvalue weighted by atomic mass is 9.91. The minimum Gasteiger partial charge on any atom is -0.329 e. The number of hydrogen-bond acceptors (Lipinski definition) is 4. The van der Waals surface area contributed by atoms with Crippen LogP contribution < -0.4 is 5.73 Å². The van der Waals surface area contributed by atoms with Crippen molar-refractivity contribution in [1.29, 1.82) is 0 Å². The molecule has 1 heterocycles. The molecule has 0 radical (unpaired) electrons. The van der Waals surface area contributed by atoms with Crippen LogP contribution >= 0.6 is 0 Å². The predicted octanol–water partition coefficient (Wildman–Crippen LogP) is 2.46. The molecule has 2 rings (SSSR count). The molecule has 1 aromatic rings. The van der Waals surface area contributed by atoms with E-state index in [-0.39, 0.29) is 10.6 Å². The fourth-order valence-corrected chi connectivity index (χ4v) is 3.01. The van der Waals surface area contributed by atoms with Gasteiger partial charge in [-0.05, 0) is 37.8 Å². The molecule has 110 valence electrons. The number of nitro groups is 1. The van der Waals surface area contributed by atoms with Crippen LogP contribution in [0, 0.1) is 23.0 Å². The van der Waals surface area contributed by atoms with E-state index in [1.165, 1.54) is 6.42 Å². The third-order valence-corrected chi connectivity index (χ3v) is 4.36. The molecule has 1 saturated heterocycles. The quantitative estimate of drug-likeness (QED) is 0.678. The van der Waals surface area contributed by atoms with Crippen LogP contribution in [0.3, 0.4) is 0 Å². The highest BCUT2D eigenvalue weighted by Gasteiger charge is 2.26. The van der Waals surface area contributed by atoms with Crippen molar-refractivity contribution in [2.24, 2.45) is 11.7 Å². The SMILES string of the molecule is Cc1c(CN2CCC(C)CC2CN)cccc1[N+](=O)[O-]. The Balaban J connectivity index is 2.17. The second-order valence-corrected chi connectivity index (χ2v) is 5.81. The third kappa shape index (κ3) is 3.16. The van der Waals surface area contributed by atoms with Gasteiger partial charge in [-0.3, -0.25) is 15.0 Å². The van der Waals surface area contributed by atoms with Gasteiger partial charge in [-0.15, -0.1) is 0 Å². The highest BCUT2D eigenvalue weighted by Crippen LogP contribution is 2.27. The van der Waals surface area contributed by atoms with E-state index in [1.54, 1.807) is 12.1 Å². The number of nitrogens with two attached hydrogens (primary N) is 1. The molecule has 5 heteroatoms. The number of benzene rings is 1. The molecule has 0 spiro atoms. The van der Waals surface area contributed by atoms with Crippen LogP contribution in [0.25, 0.3) is 0 Å². The number of nitro benzene ring substituents is 1. The normalized spacial score (nSPS) is 23.8. The Labute approximate surface area is 119 Å². The summed E-state index contributed by atoms with van der Waals surface area (Å²) in [6.07, 6.45) is 2.29. The summed E-state index contributed by atoms with van der Waals surface area (Å²) in [5.41, 5.74) is 7.89. The van der Waals surface area contributed by atoms with E-state index in [9.17, 15) is 10.1 Å². The topological polar surface area (TPSA) is 72.4 Å². The van der Waals surface area contributed by atoms with Crippen molar-refractivity contribution in [2.45, 2.75) is 39.3 Å². The number of hydrogen-bond donors (Lipinski definition) is 1. The molecule has 1 aliphatic heterocycles. The van der Waals surface area contributed by atoms with Gasteiger partial charge in [-0.25, -0.2) is 0 Å². The van der Waals surface area contributed by atoms with Crippen molar-refractivity contribution in [3.8, 4) is 0 Å². The molecule has 1 aromatic carbocycles. The summed E-state index contributed by atoms with van der Waals surface area (Å²) in [6, 6.07) is 5.70. The van der Waals surface area contributed by atoms with Gasteiger partial charge in [0, 0.05) is 30.8 Å². The maximum atomic E-state index is 11.0. The van der Waals surface area contributed by atoms with Crippen LogP contribution in [0.1, 0.15) is 30.9 Å². The van der Waals surface area contributed by atoms with Crippen LogP contribution in [0.5, 0.6) is 0 Å². The second-order valence-electron chi connectivity index (χ2n) is 5.81. The predicted molar refractivity (Wildman–Crippen MR) is 79.5 cm³/mol. The van der Waals surface area contributed by atoms with Gasteiger partial charge in [0.05, 0.1) is 4.92 Å². The van der Waals surface area contributed by atoms with Crippen molar-refractivity contribution < 1.29 is 4.92 Å². The number of nitrogens with zero attached hydrogens (tertiary/aromatic N) is 2. The molecule has 1 aliphatic rings. The maximum Gasteiger partial charge on any atom is 0.272 e. The van der Waals surface area contributed by atoms with E-state index in [0.29, 0.717) is 18.5 Å². The Hall–Kier alpha value is -1.46. The van der Waals surface area contributed by atoms with Crippen molar-refractivity contribution in [1.82, 2.24) is 4.90 Å². The highest BCUT2D eigenvalue weighted by atomic mass is 16.6. The fraction of sp³-hybridized carbons (Fsp3) is 0.600. The van der Waals surface area contributed by atoms with Crippen LogP contribution in [0.4, 0.5) is 5.69 Å². The van der Waals surface area contributed by atoms with Crippen molar-refractivity contribution >= 4 is 5.69 Å². The zero-order valence-corrected chi connectivity index (χ0v) is 12.2. The van der Waals surface area contributed by atoms with Gasteiger partial charge in [0.15, 0.2) is 0 Å². The van der Waals surface area contributed by atoms with E-state index >= 15 is 0 Å². The standard InChI is InChI=1S/C15H23N3O2/c1-11-6-7-17(14(8-11)9-16)10-13-4-3-5-15(12(13)2)18(19)20/h3-5,11,14H,6-10,16H2,1-2H3. The van der Waals surface area contributed by atoms with Crippen LogP contribution in [0.2, 0.25) is 0 Å². The largest absolute Gasteiger partial charge is 0.329 e. The molecule has 2 unspecified atom stereocenters. The van der Waals surface area contributed by atoms with E-state index in [2.05, 4.69) is 11.8 Å². The molecular formula is C15H23N3O2. The van der Waals surface area contributed by atoms with E-state index in [4.69, 9.17) is 5.73 Å². The van der Waals surface area contributed by atoms with Gasteiger partial charge >= 0.3 is 0 Å². The summed E-state index contributed by atoms with van der Waals surface area (Å²) in [5, 5.41) is 11.0. The number of likely N-dealkylation sites (tertiary alicyclic amines) is 1. The third-order valence-electron chi connectivity index (χ3n) is 4.36. The maximum absolute atomic E-state index is 11.0. The second kappa shape index (κ2) is 6.33. The van der Waals surface area contributed by atoms with E-state index < -0.39 is 0 Å². The van der Waals surface area contributed by atoms with Crippen molar-refractivity contribution in [3.05, 3.63) is 39.4 Å². The summed E-state index contributed by atoms with van der Waals surface area (Å²) < 4.78 is 0. The summed E-state index contributed by atoms with van der Waals surface area (Å²) in [6.45, 7) is 6.52. The first kappa shape index (κ1) is 14.9. The number of rotatable bonds is 4. The Bertz CT molecular complexity index is 490. The van der Waals surface area contributed by atoms with Crippen LogP contribution in [-0.4, -0.2) is 29.0 Å².